The maximum Gasteiger partial charge on any atom is 0.315 e. The molecule has 1 N–H and O–H groups in total. The van der Waals surface area contributed by atoms with Crippen LogP contribution >= 0.6 is 11.6 Å². The van der Waals surface area contributed by atoms with E-state index < -0.39 is 11.4 Å². The van der Waals surface area contributed by atoms with Crippen molar-refractivity contribution in [1.29, 1.82) is 0 Å². The van der Waals surface area contributed by atoms with E-state index in [1.807, 2.05) is 30.3 Å². The molecule has 0 bridgehead atoms. The minimum atomic E-state index is -0.850. The first-order valence-corrected chi connectivity index (χ1v) is 8.24. The highest BCUT2D eigenvalue weighted by molar-refractivity contribution is 6.30. The number of carboxylic acid groups (broad SMARTS) is 1. The highest BCUT2D eigenvalue weighted by atomic mass is 35.5. The van der Waals surface area contributed by atoms with E-state index in [4.69, 9.17) is 11.6 Å². The molecular formula is C19H20ClNO2. The fourth-order valence-electron chi connectivity index (χ4n) is 3.42. The van der Waals surface area contributed by atoms with Crippen molar-refractivity contribution in [3.05, 3.63) is 70.7 Å². The van der Waals surface area contributed by atoms with Gasteiger partial charge in [-0.3, -0.25) is 9.69 Å². The van der Waals surface area contributed by atoms with Gasteiger partial charge in [-0.1, -0.05) is 54.1 Å². The molecule has 0 saturated carbocycles. The maximum absolute atomic E-state index is 12.1. The van der Waals surface area contributed by atoms with Crippen LogP contribution in [0.15, 0.2) is 54.6 Å². The second-order valence-electron chi connectivity index (χ2n) is 6.19. The standard InChI is InChI=1S/C19H20ClNO2/c20-17-9-7-16(8-10-17)19(18(22)23)11-4-12-21(14-19)13-15-5-2-1-3-6-15/h1-3,5-10H,4,11-14H2,(H,22,23)/t19-/m0/s1. The number of carbonyl (C=O) groups is 1. The molecule has 0 aromatic heterocycles. The molecule has 0 spiro atoms. The van der Waals surface area contributed by atoms with Crippen LogP contribution in [0.1, 0.15) is 24.0 Å². The topological polar surface area (TPSA) is 40.5 Å². The number of aliphatic carboxylic acids is 1. The summed E-state index contributed by atoms with van der Waals surface area (Å²) in [5.74, 6) is -0.752. The Morgan fingerprint density at radius 1 is 1.13 bits per heavy atom. The molecule has 1 aliphatic rings. The van der Waals surface area contributed by atoms with E-state index in [1.165, 1.54) is 5.56 Å². The van der Waals surface area contributed by atoms with Gasteiger partial charge >= 0.3 is 5.97 Å². The Morgan fingerprint density at radius 3 is 2.48 bits per heavy atom. The van der Waals surface area contributed by atoms with Gasteiger partial charge in [-0.2, -0.15) is 0 Å². The van der Waals surface area contributed by atoms with Crippen molar-refractivity contribution < 1.29 is 9.90 Å². The minimum Gasteiger partial charge on any atom is -0.481 e. The Bertz CT molecular complexity index is 672. The average molecular weight is 330 g/mol. The SMILES string of the molecule is O=C(O)[C@@]1(c2ccc(Cl)cc2)CCCN(Cc2ccccc2)C1. The lowest BCUT2D eigenvalue weighted by Crippen LogP contribution is -2.50. The fraction of sp³-hybridized carbons (Fsp3) is 0.316. The third kappa shape index (κ3) is 3.41. The van der Waals surface area contributed by atoms with Crippen LogP contribution in [0.3, 0.4) is 0 Å². The van der Waals surface area contributed by atoms with Crippen molar-refractivity contribution in [3.8, 4) is 0 Å². The van der Waals surface area contributed by atoms with Gasteiger partial charge in [0.05, 0.1) is 0 Å². The molecule has 1 heterocycles. The molecule has 0 radical (unpaired) electrons. The molecule has 3 nitrogen and oxygen atoms in total. The lowest BCUT2D eigenvalue weighted by Gasteiger charge is -2.40. The van der Waals surface area contributed by atoms with Crippen molar-refractivity contribution in [2.45, 2.75) is 24.8 Å². The molecule has 1 atom stereocenters. The highest BCUT2D eigenvalue weighted by Gasteiger charge is 2.43. The van der Waals surface area contributed by atoms with Crippen LogP contribution < -0.4 is 0 Å². The second kappa shape index (κ2) is 6.73. The summed E-state index contributed by atoms with van der Waals surface area (Å²) in [4.78, 5) is 14.3. The van der Waals surface area contributed by atoms with Crippen LogP contribution in [0.4, 0.5) is 0 Å². The van der Waals surface area contributed by atoms with E-state index in [9.17, 15) is 9.90 Å². The first-order chi connectivity index (χ1) is 11.1. The first kappa shape index (κ1) is 16.0. The van der Waals surface area contributed by atoms with Crippen molar-refractivity contribution in [2.24, 2.45) is 0 Å². The lowest BCUT2D eigenvalue weighted by atomic mass is 9.74. The summed E-state index contributed by atoms with van der Waals surface area (Å²) in [5.41, 5.74) is 1.20. The van der Waals surface area contributed by atoms with Crippen molar-refractivity contribution >= 4 is 17.6 Å². The van der Waals surface area contributed by atoms with Crippen LogP contribution in [0.25, 0.3) is 0 Å². The Kier molecular flexibility index (Phi) is 4.69. The van der Waals surface area contributed by atoms with Crippen molar-refractivity contribution in [2.75, 3.05) is 13.1 Å². The van der Waals surface area contributed by atoms with Crippen molar-refractivity contribution in [1.82, 2.24) is 4.90 Å². The molecule has 1 fully saturated rings. The maximum atomic E-state index is 12.1. The number of benzene rings is 2. The van der Waals surface area contributed by atoms with Gasteiger partial charge < -0.3 is 5.11 Å². The van der Waals surface area contributed by atoms with Crippen LogP contribution in [0.2, 0.25) is 5.02 Å². The van der Waals surface area contributed by atoms with Gasteiger partial charge in [-0.25, -0.2) is 0 Å². The Morgan fingerprint density at radius 2 is 1.83 bits per heavy atom. The van der Waals surface area contributed by atoms with Gasteiger partial charge in [0.15, 0.2) is 0 Å². The third-order valence-electron chi connectivity index (χ3n) is 4.63. The largest absolute Gasteiger partial charge is 0.481 e. The number of likely N-dealkylation sites (tertiary alicyclic amines) is 1. The van der Waals surface area contributed by atoms with E-state index in [0.29, 0.717) is 18.0 Å². The molecule has 0 aliphatic carbocycles. The lowest BCUT2D eigenvalue weighted by molar-refractivity contribution is -0.146. The Hall–Kier alpha value is -1.84. The van der Waals surface area contributed by atoms with E-state index in [1.54, 1.807) is 12.1 Å². The quantitative estimate of drug-likeness (QED) is 0.923. The summed E-state index contributed by atoms with van der Waals surface area (Å²) < 4.78 is 0. The highest BCUT2D eigenvalue weighted by Crippen LogP contribution is 2.35. The number of carboxylic acids is 1. The molecule has 23 heavy (non-hydrogen) atoms. The summed E-state index contributed by atoms with van der Waals surface area (Å²) in [6.45, 7) is 2.24. The van der Waals surface area contributed by atoms with Crippen LogP contribution in [-0.4, -0.2) is 29.1 Å². The Balaban J connectivity index is 1.85. The summed E-state index contributed by atoms with van der Waals surface area (Å²) in [6, 6.07) is 17.4. The molecule has 120 valence electrons. The zero-order valence-electron chi connectivity index (χ0n) is 12.9. The third-order valence-corrected chi connectivity index (χ3v) is 4.88. The van der Waals surface area contributed by atoms with Gasteiger partial charge in [0.1, 0.15) is 5.41 Å². The number of hydrogen-bond donors (Lipinski definition) is 1. The second-order valence-corrected chi connectivity index (χ2v) is 6.63. The van der Waals surface area contributed by atoms with Crippen LogP contribution in [0.5, 0.6) is 0 Å². The normalized spacial score (nSPS) is 22.0. The number of halogens is 1. The molecule has 2 aromatic rings. The van der Waals surface area contributed by atoms with E-state index >= 15 is 0 Å². The zero-order valence-corrected chi connectivity index (χ0v) is 13.7. The number of nitrogens with zero attached hydrogens (tertiary/aromatic N) is 1. The van der Waals surface area contributed by atoms with E-state index in [0.717, 1.165) is 25.1 Å². The summed E-state index contributed by atoms with van der Waals surface area (Å²) >= 11 is 5.95. The van der Waals surface area contributed by atoms with E-state index in [-0.39, 0.29) is 0 Å². The number of rotatable bonds is 4. The molecule has 3 rings (SSSR count). The monoisotopic (exact) mass is 329 g/mol. The Labute approximate surface area is 141 Å². The molecule has 1 aliphatic heterocycles. The summed E-state index contributed by atoms with van der Waals surface area (Å²) in [5, 5.41) is 10.6. The van der Waals surface area contributed by atoms with E-state index in [2.05, 4.69) is 17.0 Å². The number of piperidine rings is 1. The van der Waals surface area contributed by atoms with Crippen molar-refractivity contribution in [3.63, 3.8) is 0 Å². The molecule has 2 aromatic carbocycles. The first-order valence-electron chi connectivity index (χ1n) is 7.86. The number of hydrogen-bond acceptors (Lipinski definition) is 2. The van der Waals surface area contributed by atoms with Crippen LogP contribution in [-0.2, 0) is 16.8 Å². The van der Waals surface area contributed by atoms with Crippen LogP contribution in [0, 0.1) is 0 Å². The predicted octanol–water partition coefficient (Wildman–Crippen LogP) is 3.96. The summed E-state index contributed by atoms with van der Waals surface area (Å²) in [6.07, 6.45) is 1.54. The summed E-state index contributed by atoms with van der Waals surface area (Å²) in [7, 11) is 0. The van der Waals surface area contributed by atoms with Gasteiger partial charge in [0, 0.05) is 18.1 Å². The van der Waals surface area contributed by atoms with Gasteiger partial charge in [-0.05, 0) is 42.6 Å². The molecule has 0 amide bonds. The van der Waals surface area contributed by atoms with Gasteiger partial charge in [0.25, 0.3) is 0 Å². The van der Waals surface area contributed by atoms with Gasteiger partial charge in [0.2, 0.25) is 0 Å². The van der Waals surface area contributed by atoms with Gasteiger partial charge in [-0.15, -0.1) is 0 Å². The molecular weight excluding hydrogens is 310 g/mol. The zero-order chi connectivity index (χ0) is 16.3. The minimum absolute atomic E-state index is 0.527. The smallest absolute Gasteiger partial charge is 0.315 e. The molecule has 0 unspecified atom stereocenters. The average Bonchev–Trinajstić information content (AvgIpc) is 2.56. The fourth-order valence-corrected chi connectivity index (χ4v) is 3.55. The molecule has 1 saturated heterocycles. The predicted molar refractivity (Wildman–Crippen MR) is 91.7 cm³/mol. The molecule has 4 heteroatoms.